The van der Waals surface area contributed by atoms with E-state index in [2.05, 4.69) is 20.9 Å². The van der Waals surface area contributed by atoms with Gasteiger partial charge in [-0.25, -0.2) is 0 Å². The number of methoxy groups -OCH3 is 1. The van der Waals surface area contributed by atoms with Crippen LogP contribution in [-0.2, 0) is 14.3 Å². The summed E-state index contributed by atoms with van der Waals surface area (Å²) in [4.78, 5) is 29.3. The Labute approximate surface area is 176 Å². The summed E-state index contributed by atoms with van der Waals surface area (Å²) in [5, 5.41) is 9.79. The van der Waals surface area contributed by atoms with Crippen LogP contribution in [0.15, 0.2) is 36.5 Å². The van der Waals surface area contributed by atoms with Crippen molar-refractivity contribution < 1.29 is 14.3 Å². The fourth-order valence-corrected chi connectivity index (χ4v) is 3.37. The van der Waals surface area contributed by atoms with E-state index >= 15 is 0 Å². The lowest BCUT2D eigenvalue weighted by molar-refractivity contribution is -0.137. The van der Waals surface area contributed by atoms with Gasteiger partial charge < -0.3 is 20.7 Å². The van der Waals surface area contributed by atoms with Crippen molar-refractivity contribution >= 4 is 53.2 Å². The summed E-state index contributed by atoms with van der Waals surface area (Å²) in [5.41, 5.74) is 0.793. The van der Waals surface area contributed by atoms with E-state index in [9.17, 15) is 9.59 Å². The fourth-order valence-electron chi connectivity index (χ4n) is 3.37. The molecule has 1 aromatic carbocycles. The van der Waals surface area contributed by atoms with Gasteiger partial charge >= 0.3 is 0 Å². The lowest BCUT2D eigenvalue weighted by Crippen LogP contribution is -2.51. The Morgan fingerprint density at radius 3 is 2.61 bits per heavy atom. The number of nitrogens with zero attached hydrogens (tertiary/aromatic N) is 1. The van der Waals surface area contributed by atoms with Crippen LogP contribution in [-0.4, -0.2) is 50.1 Å². The highest BCUT2D eigenvalue weighted by molar-refractivity contribution is 6.02. The van der Waals surface area contributed by atoms with Crippen LogP contribution in [0, 0.1) is 5.41 Å². The van der Waals surface area contributed by atoms with Gasteiger partial charge in [-0.2, -0.15) is 0 Å². The average molecular weight is 429 g/mol. The molecule has 1 aromatic heterocycles. The molecule has 0 atom stereocenters. The minimum absolute atomic E-state index is 0. The topological polar surface area (TPSA) is 92.3 Å². The van der Waals surface area contributed by atoms with Gasteiger partial charge in [0.1, 0.15) is 0 Å². The second-order valence-electron chi connectivity index (χ2n) is 6.57. The highest BCUT2D eigenvalue weighted by Gasteiger charge is 2.39. The third-order valence-electron chi connectivity index (χ3n) is 4.78. The maximum atomic E-state index is 12.7. The van der Waals surface area contributed by atoms with Crippen LogP contribution in [0.2, 0.25) is 0 Å². The Balaban J connectivity index is 0.00000196. The van der Waals surface area contributed by atoms with Crippen LogP contribution in [0.3, 0.4) is 0 Å². The van der Waals surface area contributed by atoms with Gasteiger partial charge in [-0.15, -0.1) is 24.8 Å². The number of ether oxygens (including phenoxy) is 1. The zero-order valence-electron chi connectivity index (χ0n) is 15.7. The first-order valence-corrected chi connectivity index (χ1v) is 8.76. The molecule has 2 amide bonds. The van der Waals surface area contributed by atoms with E-state index in [0.29, 0.717) is 25.1 Å². The SMILES string of the molecule is COCC1(C(=O)NCC(=O)Nc2cccc3cccnc23)CCNCC1.Cl.Cl. The summed E-state index contributed by atoms with van der Waals surface area (Å²) < 4.78 is 5.26. The Kier molecular flexibility index (Phi) is 9.61. The predicted octanol–water partition coefficient (Wildman–Crippen LogP) is 2.15. The van der Waals surface area contributed by atoms with Gasteiger partial charge in [0.2, 0.25) is 11.8 Å². The second-order valence-corrected chi connectivity index (χ2v) is 6.57. The first-order chi connectivity index (χ1) is 12.6. The maximum Gasteiger partial charge on any atom is 0.243 e. The number of aromatic nitrogens is 1. The molecule has 1 aliphatic heterocycles. The normalized spacial score (nSPS) is 15.0. The summed E-state index contributed by atoms with van der Waals surface area (Å²) in [5.74, 6) is -0.412. The van der Waals surface area contributed by atoms with Crippen molar-refractivity contribution in [2.24, 2.45) is 5.41 Å². The fraction of sp³-hybridized carbons (Fsp3) is 0.421. The highest BCUT2D eigenvalue weighted by atomic mass is 35.5. The molecular weight excluding hydrogens is 403 g/mol. The van der Waals surface area contributed by atoms with Crippen LogP contribution in [0.5, 0.6) is 0 Å². The lowest BCUT2D eigenvalue weighted by atomic mass is 9.78. The number of fused-ring (bicyclic) bond motifs is 1. The predicted molar refractivity (Wildman–Crippen MR) is 114 cm³/mol. The first kappa shape index (κ1) is 24.1. The second kappa shape index (κ2) is 11.2. The molecule has 154 valence electrons. The van der Waals surface area contributed by atoms with Crippen LogP contribution >= 0.6 is 24.8 Å². The van der Waals surface area contributed by atoms with Gasteiger partial charge in [0.05, 0.1) is 29.8 Å². The Hall–Kier alpha value is -1.93. The van der Waals surface area contributed by atoms with Gasteiger partial charge in [-0.05, 0) is 38.1 Å². The average Bonchev–Trinajstić information content (AvgIpc) is 2.67. The van der Waals surface area contributed by atoms with Gasteiger partial charge in [-0.1, -0.05) is 18.2 Å². The number of pyridine rings is 1. The van der Waals surface area contributed by atoms with Crippen molar-refractivity contribution in [2.75, 3.05) is 38.7 Å². The van der Waals surface area contributed by atoms with Crippen molar-refractivity contribution in [3.8, 4) is 0 Å². The van der Waals surface area contributed by atoms with Gasteiger partial charge in [0, 0.05) is 18.7 Å². The Bertz CT molecular complexity index is 787. The minimum atomic E-state index is -0.568. The zero-order chi connectivity index (χ0) is 18.4. The molecule has 1 aliphatic rings. The lowest BCUT2D eigenvalue weighted by Gasteiger charge is -2.35. The molecule has 0 saturated carbocycles. The van der Waals surface area contributed by atoms with E-state index in [1.807, 2.05) is 24.3 Å². The monoisotopic (exact) mass is 428 g/mol. The molecule has 2 aromatic rings. The smallest absolute Gasteiger partial charge is 0.243 e. The first-order valence-electron chi connectivity index (χ1n) is 8.76. The number of anilines is 1. The van der Waals surface area contributed by atoms with Crippen molar-refractivity contribution in [3.05, 3.63) is 36.5 Å². The third kappa shape index (κ3) is 5.54. The number of rotatable bonds is 6. The van der Waals surface area contributed by atoms with Crippen molar-refractivity contribution in [1.82, 2.24) is 15.6 Å². The molecule has 0 radical (unpaired) electrons. The number of carbonyl (C=O) groups is 2. The third-order valence-corrected chi connectivity index (χ3v) is 4.78. The summed E-state index contributed by atoms with van der Waals surface area (Å²) in [6.07, 6.45) is 3.08. The van der Waals surface area contributed by atoms with E-state index in [1.54, 1.807) is 19.4 Å². The molecule has 3 N–H and O–H groups in total. The standard InChI is InChI=1S/C19H24N4O3.2ClH/c1-26-13-19(7-10-20-11-8-19)18(25)22-12-16(24)23-15-6-2-4-14-5-3-9-21-17(14)15;;/h2-6,9,20H,7-8,10-13H2,1H3,(H,22,25)(H,23,24);2*1H. The van der Waals surface area contributed by atoms with E-state index in [4.69, 9.17) is 4.74 Å². The van der Waals surface area contributed by atoms with Crippen molar-refractivity contribution in [3.63, 3.8) is 0 Å². The van der Waals surface area contributed by atoms with Crippen LogP contribution in [0.1, 0.15) is 12.8 Å². The zero-order valence-corrected chi connectivity index (χ0v) is 17.3. The van der Waals surface area contributed by atoms with Crippen molar-refractivity contribution in [1.29, 1.82) is 0 Å². The molecule has 2 heterocycles. The van der Waals surface area contributed by atoms with E-state index in [0.717, 1.165) is 24.0 Å². The van der Waals surface area contributed by atoms with Crippen LogP contribution in [0.4, 0.5) is 5.69 Å². The molecule has 1 fully saturated rings. The van der Waals surface area contributed by atoms with Crippen LogP contribution < -0.4 is 16.0 Å². The number of para-hydroxylation sites is 1. The molecule has 0 aliphatic carbocycles. The largest absolute Gasteiger partial charge is 0.384 e. The molecule has 3 rings (SSSR count). The maximum absolute atomic E-state index is 12.7. The number of hydrogen-bond acceptors (Lipinski definition) is 5. The molecule has 7 nitrogen and oxygen atoms in total. The molecule has 9 heteroatoms. The number of halogens is 2. The molecule has 0 unspecified atom stereocenters. The molecule has 1 saturated heterocycles. The number of hydrogen-bond donors (Lipinski definition) is 3. The summed E-state index contributed by atoms with van der Waals surface area (Å²) >= 11 is 0. The Morgan fingerprint density at radius 2 is 1.89 bits per heavy atom. The van der Waals surface area contributed by atoms with Gasteiger partial charge in [-0.3, -0.25) is 14.6 Å². The number of piperidine rings is 1. The minimum Gasteiger partial charge on any atom is -0.384 e. The molecular formula is C19H26Cl2N4O3. The highest BCUT2D eigenvalue weighted by Crippen LogP contribution is 2.29. The Morgan fingerprint density at radius 1 is 1.18 bits per heavy atom. The van der Waals surface area contributed by atoms with E-state index < -0.39 is 5.41 Å². The number of carbonyl (C=O) groups excluding carboxylic acids is 2. The summed E-state index contributed by atoms with van der Waals surface area (Å²) in [6.45, 7) is 1.81. The molecule has 0 spiro atoms. The molecule has 0 bridgehead atoms. The quantitative estimate of drug-likeness (QED) is 0.655. The van der Waals surface area contributed by atoms with Crippen molar-refractivity contribution in [2.45, 2.75) is 12.8 Å². The number of amides is 2. The van der Waals surface area contributed by atoms with Gasteiger partial charge in [0.25, 0.3) is 0 Å². The molecule has 28 heavy (non-hydrogen) atoms. The summed E-state index contributed by atoms with van der Waals surface area (Å²) in [7, 11) is 1.59. The van der Waals surface area contributed by atoms with E-state index in [1.165, 1.54) is 0 Å². The summed E-state index contributed by atoms with van der Waals surface area (Å²) in [6, 6.07) is 9.38. The van der Waals surface area contributed by atoms with E-state index in [-0.39, 0.29) is 43.2 Å². The number of nitrogens with one attached hydrogen (secondary N) is 3. The van der Waals surface area contributed by atoms with Crippen LogP contribution in [0.25, 0.3) is 10.9 Å². The number of benzene rings is 1. The van der Waals surface area contributed by atoms with Gasteiger partial charge in [0.15, 0.2) is 0 Å².